The number of hydrogen-bond acceptors (Lipinski definition) is 4. The average Bonchev–Trinajstić information content (AvgIpc) is 3.15. The molecule has 2 aliphatic rings. The van der Waals surface area contributed by atoms with E-state index in [0.717, 1.165) is 18.5 Å². The molecule has 0 atom stereocenters. The van der Waals surface area contributed by atoms with Crippen molar-refractivity contribution in [3.05, 3.63) is 16.1 Å². The summed E-state index contributed by atoms with van der Waals surface area (Å²) in [6.07, 6.45) is 5.49. The van der Waals surface area contributed by atoms with Gasteiger partial charge in [-0.15, -0.1) is 11.3 Å². The molecule has 1 aliphatic heterocycles. The van der Waals surface area contributed by atoms with Crippen LogP contribution in [0.5, 0.6) is 0 Å². The minimum Gasteiger partial charge on any atom is -0.317 e. The monoisotopic (exact) mass is 265 g/mol. The topological polar surface area (TPSA) is 28.2 Å². The smallest absolute Gasteiger partial charge is 0.107 e. The van der Waals surface area contributed by atoms with Crippen LogP contribution in [0.1, 0.15) is 36.4 Å². The molecule has 0 radical (unpaired) electrons. The normalized spacial score (nSPS) is 21.7. The van der Waals surface area contributed by atoms with Crippen LogP contribution in [0.3, 0.4) is 0 Å². The number of aromatic nitrogens is 1. The van der Waals surface area contributed by atoms with Crippen LogP contribution < -0.4 is 5.32 Å². The zero-order valence-electron chi connectivity index (χ0n) is 11.2. The van der Waals surface area contributed by atoms with E-state index in [9.17, 15) is 0 Å². The van der Waals surface area contributed by atoms with E-state index in [4.69, 9.17) is 0 Å². The third-order valence-corrected chi connectivity index (χ3v) is 4.97. The molecule has 2 heterocycles. The second kappa shape index (κ2) is 5.68. The van der Waals surface area contributed by atoms with Crippen LogP contribution in [-0.4, -0.2) is 35.6 Å². The van der Waals surface area contributed by atoms with Gasteiger partial charge in [-0.2, -0.15) is 0 Å². The molecule has 18 heavy (non-hydrogen) atoms. The molecule has 0 unspecified atom stereocenters. The molecule has 1 saturated carbocycles. The van der Waals surface area contributed by atoms with Gasteiger partial charge < -0.3 is 5.32 Å². The number of nitrogens with one attached hydrogen (secondary N) is 1. The van der Waals surface area contributed by atoms with Crippen LogP contribution in [0.2, 0.25) is 0 Å². The molecule has 0 aromatic carbocycles. The van der Waals surface area contributed by atoms with Crippen molar-refractivity contribution in [2.75, 3.05) is 19.6 Å². The van der Waals surface area contributed by atoms with Crippen LogP contribution in [-0.2, 0) is 6.54 Å². The van der Waals surface area contributed by atoms with Gasteiger partial charge in [-0.05, 0) is 51.6 Å². The van der Waals surface area contributed by atoms with Crippen molar-refractivity contribution < 1.29 is 0 Å². The van der Waals surface area contributed by atoms with Crippen molar-refractivity contribution in [3.63, 3.8) is 0 Å². The highest BCUT2D eigenvalue weighted by atomic mass is 32.1. The van der Waals surface area contributed by atoms with E-state index in [2.05, 4.69) is 27.5 Å². The van der Waals surface area contributed by atoms with Crippen LogP contribution in [0.4, 0.5) is 0 Å². The van der Waals surface area contributed by atoms with Crippen molar-refractivity contribution in [2.24, 2.45) is 5.92 Å². The lowest BCUT2D eigenvalue weighted by Crippen LogP contribution is -2.37. The van der Waals surface area contributed by atoms with Gasteiger partial charge >= 0.3 is 0 Å². The van der Waals surface area contributed by atoms with Crippen LogP contribution in [0.25, 0.3) is 0 Å². The Hall–Kier alpha value is -0.450. The summed E-state index contributed by atoms with van der Waals surface area (Å²) in [6, 6.07) is 0.851. The minimum absolute atomic E-state index is 0.851. The largest absolute Gasteiger partial charge is 0.317 e. The molecule has 0 spiro atoms. The molecule has 1 aromatic heterocycles. The summed E-state index contributed by atoms with van der Waals surface area (Å²) >= 11 is 1.82. The summed E-state index contributed by atoms with van der Waals surface area (Å²) in [5.74, 6) is 0.896. The molecular weight excluding hydrogens is 242 g/mol. The quantitative estimate of drug-likeness (QED) is 0.886. The lowest BCUT2D eigenvalue weighted by Gasteiger charge is -2.29. The highest BCUT2D eigenvalue weighted by molar-refractivity contribution is 7.09. The fraction of sp³-hybridized carbons (Fsp3) is 0.786. The third-order valence-electron chi connectivity index (χ3n) is 4.02. The Bertz CT molecular complexity index is 380. The third kappa shape index (κ3) is 3.31. The maximum absolute atomic E-state index is 4.62. The fourth-order valence-corrected chi connectivity index (χ4v) is 3.62. The van der Waals surface area contributed by atoms with Gasteiger partial charge in [0, 0.05) is 23.7 Å². The van der Waals surface area contributed by atoms with Gasteiger partial charge in [-0.1, -0.05) is 0 Å². The molecule has 0 bridgehead atoms. The first kappa shape index (κ1) is 12.6. The highest BCUT2D eigenvalue weighted by Crippen LogP contribution is 2.30. The van der Waals surface area contributed by atoms with Gasteiger partial charge in [0.1, 0.15) is 5.01 Å². The predicted octanol–water partition coefficient (Wildman–Crippen LogP) is 2.42. The number of thiazole rings is 1. The van der Waals surface area contributed by atoms with Crippen molar-refractivity contribution >= 4 is 11.3 Å². The highest BCUT2D eigenvalue weighted by Gasteiger charge is 2.31. The molecule has 1 aliphatic carbocycles. The van der Waals surface area contributed by atoms with Crippen LogP contribution in [0, 0.1) is 12.8 Å². The lowest BCUT2D eigenvalue weighted by atomic mass is 9.97. The maximum atomic E-state index is 4.62. The second-order valence-corrected chi connectivity index (χ2v) is 6.68. The van der Waals surface area contributed by atoms with E-state index in [1.54, 1.807) is 0 Å². The van der Waals surface area contributed by atoms with E-state index in [1.165, 1.54) is 56.0 Å². The molecule has 1 saturated heterocycles. The summed E-state index contributed by atoms with van der Waals surface area (Å²) in [5, 5.41) is 6.93. The molecule has 2 fully saturated rings. The number of rotatable bonds is 5. The van der Waals surface area contributed by atoms with E-state index >= 15 is 0 Å². The first-order chi connectivity index (χ1) is 8.81. The fourth-order valence-electron chi connectivity index (χ4n) is 2.83. The number of hydrogen-bond donors (Lipinski definition) is 1. The molecule has 0 amide bonds. The minimum atomic E-state index is 0.851. The Kier molecular flexibility index (Phi) is 3.97. The predicted molar refractivity (Wildman–Crippen MR) is 75.9 cm³/mol. The van der Waals surface area contributed by atoms with Gasteiger partial charge in [0.2, 0.25) is 0 Å². The van der Waals surface area contributed by atoms with Crippen molar-refractivity contribution in [1.29, 1.82) is 0 Å². The zero-order chi connectivity index (χ0) is 12.4. The molecule has 3 rings (SSSR count). The summed E-state index contributed by atoms with van der Waals surface area (Å²) in [4.78, 5) is 7.31. The Labute approximate surface area is 114 Å². The maximum Gasteiger partial charge on any atom is 0.107 e. The Morgan fingerprint density at radius 1 is 1.33 bits per heavy atom. The van der Waals surface area contributed by atoms with E-state index in [-0.39, 0.29) is 0 Å². The van der Waals surface area contributed by atoms with E-state index < -0.39 is 0 Å². The molecule has 100 valence electrons. The number of piperidine rings is 1. The van der Waals surface area contributed by atoms with E-state index in [0.29, 0.717) is 0 Å². The van der Waals surface area contributed by atoms with Gasteiger partial charge in [-0.3, -0.25) is 4.90 Å². The second-order valence-electron chi connectivity index (χ2n) is 5.74. The first-order valence-electron chi connectivity index (χ1n) is 7.17. The van der Waals surface area contributed by atoms with Crippen molar-refractivity contribution in [3.8, 4) is 0 Å². The van der Waals surface area contributed by atoms with Gasteiger partial charge in [0.05, 0.1) is 6.54 Å². The number of nitrogens with zero attached hydrogens (tertiary/aromatic N) is 2. The Morgan fingerprint density at radius 3 is 2.72 bits per heavy atom. The average molecular weight is 265 g/mol. The van der Waals surface area contributed by atoms with Crippen LogP contribution >= 0.6 is 11.3 Å². The summed E-state index contributed by atoms with van der Waals surface area (Å²) in [7, 11) is 0. The SMILES string of the molecule is Cc1csc(CN(CC2CCNCC2)C2CC2)n1. The summed E-state index contributed by atoms with van der Waals surface area (Å²) in [6.45, 7) is 6.87. The molecule has 1 N–H and O–H groups in total. The van der Waals surface area contributed by atoms with E-state index in [1.807, 2.05) is 11.3 Å². The molecule has 4 heteroatoms. The van der Waals surface area contributed by atoms with Crippen molar-refractivity contribution in [1.82, 2.24) is 15.2 Å². The van der Waals surface area contributed by atoms with Crippen LogP contribution in [0.15, 0.2) is 5.38 Å². The van der Waals surface area contributed by atoms with Gasteiger partial charge in [0.25, 0.3) is 0 Å². The lowest BCUT2D eigenvalue weighted by molar-refractivity contribution is 0.190. The van der Waals surface area contributed by atoms with Crippen molar-refractivity contribution in [2.45, 2.75) is 45.2 Å². The molecule has 1 aromatic rings. The first-order valence-corrected chi connectivity index (χ1v) is 8.05. The summed E-state index contributed by atoms with van der Waals surface area (Å²) < 4.78 is 0. The Balaban J connectivity index is 1.57. The standard InChI is InChI=1S/C14H23N3S/c1-11-10-18-14(16-11)9-17(13-2-3-13)8-12-4-6-15-7-5-12/h10,12-13,15H,2-9H2,1H3. The van der Waals surface area contributed by atoms with Gasteiger partial charge in [-0.25, -0.2) is 4.98 Å². The zero-order valence-corrected chi connectivity index (χ0v) is 12.0. The van der Waals surface area contributed by atoms with Gasteiger partial charge in [0.15, 0.2) is 0 Å². The summed E-state index contributed by atoms with van der Waals surface area (Å²) in [5.41, 5.74) is 1.17. The Morgan fingerprint density at radius 2 is 2.11 bits per heavy atom. The number of aryl methyl sites for hydroxylation is 1. The molecule has 3 nitrogen and oxygen atoms in total. The molecular formula is C14H23N3S.